The first kappa shape index (κ1) is 13.3. The highest BCUT2D eigenvalue weighted by molar-refractivity contribution is 7.90. The summed E-state index contributed by atoms with van der Waals surface area (Å²) >= 11 is 0. The third-order valence-electron chi connectivity index (χ3n) is 2.46. The highest BCUT2D eigenvalue weighted by atomic mass is 32.2. The van der Waals surface area contributed by atoms with Crippen LogP contribution in [0.3, 0.4) is 0 Å². The summed E-state index contributed by atoms with van der Waals surface area (Å²) in [4.78, 5) is -0.440. The van der Waals surface area contributed by atoms with Crippen molar-refractivity contribution in [1.29, 1.82) is 0 Å². The maximum atomic E-state index is 13.8. The van der Waals surface area contributed by atoms with Gasteiger partial charge in [-0.2, -0.15) is 0 Å². The van der Waals surface area contributed by atoms with Gasteiger partial charge in [-0.1, -0.05) is 5.16 Å². The van der Waals surface area contributed by atoms with Gasteiger partial charge in [0, 0.05) is 24.0 Å². The Morgan fingerprint density at radius 2 is 2.05 bits per heavy atom. The van der Waals surface area contributed by atoms with Gasteiger partial charge in [-0.3, -0.25) is 0 Å². The number of sulfone groups is 1. The van der Waals surface area contributed by atoms with E-state index in [2.05, 4.69) is 9.68 Å². The molecule has 0 bridgehead atoms. The molecular formula is C11H11FN2O4S. The molecular weight excluding hydrogens is 275 g/mol. The normalized spacial score (nSPS) is 11.5. The van der Waals surface area contributed by atoms with E-state index in [9.17, 15) is 12.8 Å². The third kappa shape index (κ3) is 2.53. The molecule has 8 heteroatoms. The minimum atomic E-state index is -3.68. The smallest absolute Gasteiger partial charge is 0.222 e. The summed E-state index contributed by atoms with van der Waals surface area (Å²) in [5.41, 5.74) is 5.90. The maximum absolute atomic E-state index is 13.8. The number of rotatable bonds is 3. The van der Waals surface area contributed by atoms with Crippen LogP contribution < -0.4 is 10.5 Å². The van der Waals surface area contributed by atoms with Crippen molar-refractivity contribution in [2.45, 2.75) is 4.90 Å². The second kappa shape index (κ2) is 4.54. The Hall–Kier alpha value is -2.09. The summed E-state index contributed by atoms with van der Waals surface area (Å²) in [6, 6.07) is 3.51. The van der Waals surface area contributed by atoms with Crippen molar-refractivity contribution in [3.8, 4) is 17.0 Å². The molecule has 0 atom stereocenters. The van der Waals surface area contributed by atoms with Crippen molar-refractivity contribution in [1.82, 2.24) is 5.16 Å². The summed E-state index contributed by atoms with van der Waals surface area (Å²) in [5.74, 6) is -0.667. The molecule has 0 spiro atoms. The number of aromatic nitrogens is 1. The molecule has 1 heterocycles. The number of anilines is 1. The first-order valence-electron chi connectivity index (χ1n) is 5.13. The van der Waals surface area contributed by atoms with E-state index in [-0.39, 0.29) is 22.9 Å². The quantitative estimate of drug-likeness (QED) is 0.918. The zero-order chi connectivity index (χ0) is 14.2. The average Bonchev–Trinajstić information content (AvgIpc) is 2.73. The molecule has 1 aromatic carbocycles. The van der Waals surface area contributed by atoms with Crippen LogP contribution >= 0.6 is 0 Å². The molecule has 2 rings (SSSR count). The fourth-order valence-corrected chi connectivity index (χ4v) is 2.34. The van der Waals surface area contributed by atoms with E-state index >= 15 is 0 Å². The lowest BCUT2D eigenvalue weighted by molar-refractivity contribution is 0.410. The second-order valence-electron chi connectivity index (χ2n) is 3.87. The van der Waals surface area contributed by atoms with Gasteiger partial charge in [-0.05, 0) is 6.07 Å². The van der Waals surface area contributed by atoms with Crippen molar-refractivity contribution in [2.24, 2.45) is 0 Å². The lowest BCUT2D eigenvalue weighted by Crippen LogP contribution is -2.02. The van der Waals surface area contributed by atoms with Crippen molar-refractivity contribution in [3.63, 3.8) is 0 Å². The van der Waals surface area contributed by atoms with E-state index in [1.807, 2.05) is 0 Å². The Labute approximate surface area is 108 Å². The van der Waals surface area contributed by atoms with E-state index in [4.69, 9.17) is 10.5 Å². The zero-order valence-corrected chi connectivity index (χ0v) is 11.0. The van der Waals surface area contributed by atoms with Gasteiger partial charge in [0.15, 0.2) is 9.84 Å². The molecule has 6 nitrogen and oxygen atoms in total. The lowest BCUT2D eigenvalue weighted by atomic mass is 10.1. The number of ether oxygens (including phenoxy) is 1. The molecule has 0 aliphatic carbocycles. The van der Waals surface area contributed by atoms with Crippen molar-refractivity contribution in [3.05, 3.63) is 24.0 Å². The number of halogens is 1. The van der Waals surface area contributed by atoms with E-state index in [0.717, 1.165) is 18.4 Å². The van der Waals surface area contributed by atoms with Crippen LogP contribution in [0.4, 0.5) is 10.3 Å². The first-order valence-corrected chi connectivity index (χ1v) is 7.02. The van der Waals surface area contributed by atoms with Gasteiger partial charge in [0.05, 0.1) is 7.11 Å². The van der Waals surface area contributed by atoms with E-state index in [1.54, 1.807) is 0 Å². The van der Waals surface area contributed by atoms with Crippen LogP contribution in [-0.4, -0.2) is 26.9 Å². The molecule has 2 N–H and O–H groups in total. The number of nitrogens with zero attached hydrogens (tertiary/aromatic N) is 1. The number of methoxy groups -OCH3 is 1. The van der Waals surface area contributed by atoms with E-state index in [0.29, 0.717) is 0 Å². The SMILES string of the molecule is COc1cc(S(C)(=O)=O)c(F)cc1-c1cc(N)on1. The molecule has 0 saturated heterocycles. The molecule has 102 valence electrons. The summed E-state index contributed by atoms with van der Waals surface area (Å²) in [6.45, 7) is 0. The van der Waals surface area contributed by atoms with Crippen LogP contribution in [0.1, 0.15) is 0 Å². The Bertz CT molecular complexity index is 724. The molecule has 2 aromatic rings. The molecule has 0 fully saturated rings. The van der Waals surface area contributed by atoms with Gasteiger partial charge < -0.3 is 15.0 Å². The number of nitrogens with two attached hydrogens (primary N) is 1. The van der Waals surface area contributed by atoms with E-state index < -0.39 is 20.5 Å². The number of hydrogen-bond acceptors (Lipinski definition) is 6. The predicted octanol–water partition coefficient (Wildman–Crippen LogP) is 1.47. The van der Waals surface area contributed by atoms with Crippen LogP contribution in [0.25, 0.3) is 11.3 Å². The number of benzene rings is 1. The average molecular weight is 286 g/mol. The Morgan fingerprint density at radius 3 is 2.53 bits per heavy atom. The van der Waals surface area contributed by atoms with E-state index in [1.165, 1.54) is 13.2 Å². The van der Waals surface area contributed by atoms with Gasteiger partial charge in [-0.15, -0.1) is 0 Å². The van der Waals surface area contributed by atoms with Gasteiger partial charge in [0.25, 0.3) is 0 Å². The number of hydrogen-bond donors (Lipinski definition) is 1. The molecule has 0 saturated carbocycles. The van der Waals surface area contributed by atoms with Gasteiger partial charge in [-0.25, -0.2) is 12.8 Å². The standard InChI is InChI=1S/C11H11FN2O4S/c1-17-9-5-10(19(2,15)16)7(12)3-6(9)8-4-11(13)18-14-8/h3-5H,13H2,1-2H3. The topological polar surface area (TPSA) is 95.4 Å². The zero-order valence-electron chi connectivity index (χ0n) is 10.2. The molecule has 0 aliphatic heterocycles. The molecule has 1 aromatic heterocycles. The summed E-state index contributed by atoms with van der Waals surface area (Å²) < 4.78 is 46.4. The molecule has 0 aliphatic rings. The first-order chi connectivity index (χ1) is 8.82. The van der Waals surface area contributed by atoms with Crippen LogP contribution in [0.15, 0.2) is 27.6 Å². The van der Waals surface area contributed by atoms with Crippen LogP contribution in [0, 0.1) is 5.82 Å². The lowest BCUT2D eigenvalue weighted by Gasteiger charge is -2.09. The summed E-state index contributed by atoms with van der Waals surface area (Å²) in [6.07, 6.45) is 0.915. The Balaban J connectivity index is 2.68. The predicted molar refractivity (Wildman–Crippen MR) is 66.0 cm³/mol. The second-order valence-corrected chi connectivity index (χ2v) is 5.85. The van der Waals surface area contributed by atoms with Crippen molar-refractivity contribution in [2.75, 3.05) is 19.1 Å². The highest BCUT2D eigenvalue weighted by Crippen LogP contribution is 2.33. The Morgan fingerprint density at radius 1 is 1.37 bits per heavy atom. The minimum Gasteiger partial charge on any atom is -0.496 e. The largest absolute Gasteiger partial charge is 0.496 e. The van der Waals surface area contributed by atoms with Gasteiger partial charge >= 0.3 is 0 Å². The Kier molecular flexibility index (Phi) is 3.19. The summed E-state index contributed by atoms with van der Waals surface area (Å²) in [7, 11) is -2.34. The summed E-state index contributed by atoms with van der Waals surface area (Å²) in [5, 5.41) is 3.63. The number of nitrogen functional groups attached to an aromatic ring is 1. The molecule has 19 heavy (non-hydrogen) atoms. The van der Waals surface area contributed by atoms with Crippen molar-refractivity contribution >= 4 is 15.7 Å². The molecule has 0 unspecified atom stereocenters. The fraction of sp³-hybridized carbons (Fsp3) is 0.182. The van der Waals surface area contributed by atoms with Crippen LogP contribution in [0.2, 0.25) is 0 Å². The third-order valence-corrected chi connectivity index (χ3v) is 3.57. The molecule has 0 amide bonds. The molecule has 0 radical (unpaired) electrons. The fourth-order valence-electron chi connectivity index (χ4n) is 1.60. The highest BCUT2D eigenvalue weighted by Gasteiger charge is 2.20. The minimum absolute atomic E-state index is 0.0599. The van der Waals surface area contributed by atoms with Crippen LogP contribution in [0.5, 0.6) is 5.75 Å². The van der Waals surface area contributed by atoms with Crippen LogP contribution in [-0.2, 0) is 9.84 Å². The monoisotopic (exact) mass is 286 g/mol. The maximum Gasteiger partial charge on any atom is 0.222 e. The van der Waals surface area contributed by atoms with Crippen molar-refractivity contribution < 1.29 is 22.1 Å². The van der Waals surface area contributed by atoms with Gasteiger partial charge in [0.2, 0.25) is 5.88 Å². The van der Waals surface area contributed by atoms with Gasteiger partial charge in [0.1, 0.15) is 22.2 Å².